The fraction of sp³-hybridized carbons (Fsp3) is 0.333. The van der Waals surface area contributed by atoms with Crippen LogP contribution in [0.4, 0.5) is 0 Å². The summed E-state index contributed by atoms with van der Waals surface area (Å²) >= 11 is 0. The summed E-state index contributed by atoms with van der Waals surface area (Å²) in [5.41, 5.74) is 16.2. The van der Waals surface area contributed by atoms with Crippen molar-refractivity contribution in [3.8, 4) is 0 Å². The highest BCUT2D eigenvalue weighted by atomic mass is 16.1. The lowest BCUT2D eigenvalue weighted by atomic mass is 9.79. The van der Waals surface area contributed by atoms with Crippen LogP contribution < -0.4 is 11.6 Å². The monoisotopic (exact) mass is 415 g/mol. The molecule has 4 heteroatoms. The molecule has 0 fully saturated rings. The van der Waals surface area contributed by atoms with Gasteiger partial charge < -0.3 is 10.7 Å². The zero-order valence-corrected chi connectivity index (χ0v) is 18.8. The van der Waals surface area contributed by atoms with Crippen LogP contribution >= 0.6 is 0 Å². The van der Waals surface area contributed by atoms with Crippen LogP contribution in [0, 0.1) is 5.92 Å². The summed E-state index contributed by atoms with van der Waals surface area (Å²) in [5, 5.41) is 1.69. The first kappa shape index (κ1) is 22.6. The summed E-state index contributed by atoms with van der Waals surface area (Å²) in [6.45, 7) is 10.6. The molecule has 0 saturated carbocycles. The second kappa shape index (κ2) is 9.82. The van der Waals surface area contributed by atoms with Crippen molar-refractivity contribution in [2.45, 2.75) is 46.0 Å². The number of carbonyl (C=O) groups excluding carboxylic acids is 1. The molecule has 0 bridgehead atoms. The average Bonchev–Trinajstić information content (AvgIpc) is 2.77. The number of ketones is 1. The fourth-order valence-electron chi connectivity index (χ4n) is 4.35. The standard InChI is InChI=1S/C27H33N3O/c1-5-19(18(3)4)15-16-25(31)24-17-20-11-7-8-12-21(20)27(30(29)6-2)26(28)23-14-10-9-13-22(23)24/h7-14,18,24H,1,6,15-17,28-29H2,2-4H3/b27-26-. The Kier molecular flexibility index (Phi) is 7.17. The third kappa shape index (κ3) is 4.66. The van der Waals surface area contributed by atoms with E-state index >= 15 is 0 Å². The Hall–Kier alpha value is -3.07. The molecule has 2 aromatic carbocycles. The van der Waals surface area contributed by atoms with Crippen molar-refractivity contribution in [3.05, 3.63) is 88.7 Å². The highest BCUT2D eigenvalue weighted by molar-refractivity contribution is 5.94. The zero-order valence-electron chi connectivity index (χ0n) is 18.8. The lowest BCUT2D eigenvalue weighted by Crippen LogP contribution is -2.32. The first-order chi connectivity index (χ1) is 14.9. The Morgan fingerprint density at radius 3 is 2.42 bits per heavy atom. The van der Waals surface area contributed by atoms with E-state index in [0.717, 1.165) is 33.5 Å². The van der Waals surface area contributed by atoms with Gasteiger partial charge in [-0.15, -0.1) is 5.73 Å². The molecule has 0 aromatic heterocycles. The van der Waals surface area contributed by atoms with Crippen molar-refractivity contribution in [2.24, 2.45) is 17.5 Å². The number of fused-ring (bicyclic) bond motifs is 2. The van der Waals surface area contributed by atoms with Crippen molar-refractivity contribution in [1.82, 2.24) is 5.01 Å². The SMILES string of the molecule is C=C=C(CCC(=O)C1Cc2ccccc2/C(N(N)CC)=C(/N)c2ccccc21)C(C)C. The molecule has 4 N–H and O–H groups in total. The number of rotatable bonds is 7. The number of Topliss-reactive ketones (excluding diaryl/α,β-unsaturated/α-hetero) is 1. The molecule has 0 heterocycles. The highest BCUT2D eigenvalue weighted by Gasteiger charge is 2.29. The first-order valence-corrected chi connectivity index (χ1v) is 11.0. The van der Waals surface area contributed by atoms with Crippen LogP contribution in [0.2, 0.25) is 0 Å². The Morgan fingerprint density at radius 2 is 1.77 bits per heavy atom. The predicted octanol–water partition coefficient (Wildman–Crippen LogP) is 5.02. The van der Waals surface area contributed by atoms with Gasteiger partial charge in [-0.3, -0.25) is 4.79 Å². The molecule has 0 spiro atoms. The Bertz CT molecular complexity index is 1040. The largest absolute Gasteiger partial charge is 0.396 e. The van der Waals surface area contributed by atoms with Gasteiger partial charge in [0.05, 0.1) is 11.4 Å². The van der Waals surface area contributed by atoms with Crippen LogP contribution in [-0.4, -0.2) is 17.3 Å². The lowest BCUT2D eigenvalue weighted by Gasteiger charge is -2.30. The number of hydrogen-bond donors (Lipinski definition) is 2. The maximum absolute atomic E-state index is 13.5. The number of nitrogens with zero attached hydrogens (tertiary/aromatic N) is 1. The molecule has 0 aliphatic heterocycles. The van der Waals surface area contributed by atoms with Crippen LogP contribution in [0.3, 0.4) is 0 Å². The van der Waals surface area contributed by atoms with Gasteiger partial charge in [0, 0.05) is 30.0 Å². The highest BCUT2D eigenvalue weighted by Crippen LogP contribution is 2.38. The molecule has 1 aliphatic rings. The number of hydrogen-bond acceptors (Lipinski definition) is 4. The van der Waals surface area contributed by atoms with Gasteiger partial charge in [-0.2, -0.15) is 0 Å². The van der Waals surface area contributed by atoms with E-state index in [1.165, 1.54) is 0 Å². The van der Waals surface area contributed by atoms with Crippen molar-refractivity contribution >= 4 is 17.2 Å². The smallest absolute Gasteiger partial charge is 0.141 e. The zero-order chi connectivity index (χ0) is 22.5. The molecule has 4 nitrogen and oxygen atoms in total. The van der Waals surface area contributed by atoms with Crippen molar-refractivity contribution in [1.29, 1.82) is 0 Å². The fourth-order valence-corrected chi connectivity index (χ4v) is 4.35. The molecular weight excluding hydrogens is 382 g/mol. The number of nitrogens with two attached hydrogens (primary N) is 2. The number of allylic oxidation sites excluding steroid dienone is 1. The van der Waals surface area contributed by atoms with E-state index in [-0.39, 0.29) is 11.7 Å². The lowest BCUT2D eigenvalue weighted by molar-refractivity contribution is -0.120. The minimum absolute atomic E-state index is 0.215. The van der Waals surface area contributed by atoms with Crippen molar-refractivity contribution in [3.63, 3.8) is 0 Å². The molecule has 2 aromatic rings. The van der Waals surface area contributed by atoms with E-state index in [9.17, 15) is 4.79 Å². The minimum Gasteiger partial charge on any atom is -0.396 e. The van der Waals surface area contributed by atoms with Gasteiger partial charge in [0.15, 0.2) is 0 Å². The Balaban J connectivity index is 2.12. The van der Waals surface area contributed by atoms with Crippen molar-refractivity contribution < 1.29 is 4.79 Å². The predicted molar refractivity (Wildman–Crippen MR) is 129 cm³/mol. The van der Waals surface area contributed by atoms with Gasteiger partial charge in [-0.25, -0.2) is 5.84 Å². The molecule has 31 heavy (non-hydrogen) atoms. The summed E-state index contributed by atoms with van der Waals surface area (Å²) in [5.74, 6) is 6.65. The summed E-state index contributed by atoms with van der Waals surface area (Å²) in [7, 11) is 0. The maximum atomic E-state index is 13.5. The van der Waals surface area contributed by atoms with Crippen LogP contribution in [0.1, 0.15) is 61.8 Å². The van der Waals surface area contributed by atoms with E-state index in [4.69, 9.17) is 11.6 Å². The first-order valence-electron chi connectivity index (χ1n) is 11.0. The summed E-state index contributed by atoms with van der Waals surface area (Å²) in [6, 6.07) is 16.1. The van der Waals surface area contributed by atoms with Crippen LogP contribution in [0.15, 0.2) is 66.4 Å². The summed E-state index contributed by atoms with van der Waals surface area (Å²) in [4.78, 5) is 13.5. The quantitative estimate of drug-likeness (QED) is 0.378. The maximum Gasteiger partial charge on any atom is 0.141 e. The molecule has 3 rings (SSSR count). The van der Waals surface area contributed by atoms with E-state index in [1.54, 1.807) is 5.01 Å². The molecule has 1 unspecified atom stereocenters. The van der Waals surface area contributed by atoms with E-state index in [2.05, 4.69) is 32.2 Å². The molecule has 0 radical (unpaired) electrons. The molecule has 0 saturated heterocycles. The average molecular weight is 416 g/mol. The van der Waals surface area contributed by atoms with Gasteiger partial charge in [0.2, 0.25) is 0 Å². The second-order valence-corrected chi connectivity index (χ2v) is 8.37. The molecule has 1 aliphatic carbocycles. The summed E-state index contributed by atoms with van der Waals surface area (Å²) < 4.78 is 0. The molecule has 0 amide bonds. The molecule has 1 atom stereocenters. The topological polar surface area (TPSA) is 72.3 Å². The van der Waals surface area contributed by atoms with Gasteiger partial charge in [-0.05, 0) is 42.4 Å². The van der Waals surface area contributed by atoms with E-state index in [1.807, 2.05) is 49.4 Å². The summed E-state index contributed by atoms with van der Waals surface area (Å²) in [6.07, 6.45) is 1.77. The van der Waals surface area contributed by atoms with Crippen LogP contribution in [-0.2, 0) is 11.2 Å². The second-order valence-electron chi connectivity index (χ2n) is 8.37. The molecule has 162 valence electrons. The number of benzene rings is 2. The Labute approximate surface area is 185 Å². The van der Waals surface area contributed by atoms with Crippen LogP contribution in [0.5, 0.6) is 0 Å². The van der Waals surface area contributed by atoms with E-state index < -0.39 is 0 Å². The third-order valence-electron chi connectivity index (χ3n) is 6.16. The van der Waals surface area contributed by atoms with Crippen molar-refractivity contribution in [2.75, 3.05) is 6.54 Å². The van der Waals surface area contributed by atoms with E-state index in [0.29, 0.717) is 37.4 Å². The number of hydrazine groups is 1. The molecular formula is C27H33N3O. The van der Waals surface area contributed by atoms with Gasteiger partial charge in [-0.1, -0.05) is 69.0 Å². The normalized spacial score (nSPS) is 17.8. The van der Waals surface area contributed by atoms with Gasteiger partial charge in [0.1, 0.15) is 5.78 Å². The van der Waals surface area contributed by atoms with Crippen LogP contribution in [0.25, 0.3) is 11.4 Å². The Morgan fingerprint density at radius 1 is 1.13 bits per heavy atom. The minimum atomic E-state index is -0.261. The van der Waals surface area contributed by atoms with Gasteiger partial charge in [0.25, 0.3) is 0 Å². The number of carbonyl (C=O) groups is 1. The third-order valence-corrected chi connectivity index (χ3v) is 6.16. The van der Waals surface area contributed by atoms with Gasteiger partial charge >= 0.3 is 0 Å².